The Hall–Kier alpha value is -2.77. The largest absolute Gasteiger partial charge is 0.478 e. The summed E-state index contributed by atoms with van der Waals surface area (Å²) in [5.41, 5.74) is -0.389. The van der Waals surface area contributed by atoms with Gasteiger partial charge in [0.2, 0.25) is 0 Å². The zero-order chi connectivity index (χ0) is 13.1. The Kier molecular flexibility index (Phi) is 3.00. The molecule has 2 aromatic rings. The molecule has 0 fully saturated rings. The highest BCUT2D eigenvalue weighted by Gasteiger charge is 2.15. The van der Waals surface area contributed by atoms with E-state index in [1.54, 1.807) is 0 Å². The van der Waals surface area contributed by atoms with Gasteiger partial charge in [-0.05, 0) is 18.2 Å². The SMILES string of the molecule is O=C(Nc1cc(F)ccc1C(=O)O)c1cn[nH]n1. The van der Waals surface area contributed by atoms with Crippen LogP contribution in [0.15, 0.2) is 24.4 Å². The molecule has 0 unspecified atom stereocenters. The van der Waals surface area contributed by atoms with Crippen LogP contribution in [0.3, 0.4) is 0 Å². The summed E-state index contributed by atoms with van der Waals surface area (Å²) in [5, 5.41) is 20.3. The summed E-state index contributed by atoms with van der Waals surface area (Å²) in [6.07, 6.45) is 1.16. The molecule has 1 aromatic carbocycles. The van der Waals surface area contributed by atoms with Crippen LogP contribution in [0.25, 0.3) is 0 Å². The van der Waals surface area contributed by atoms with Crippen molar-refractivity contribution in [2.45, 2.75) is 0 Å². The van der Waals surface area contributed by atoms with Crippen molar-refractivity contribution in [3.63, 3.8) is 0 Å². The number of carboxylic acids is 1. The van der Waals surface area contributed by atoms with E-state index in [1.165, 1.54) is 0 Å². The maximum Gasteiger partial charge on any atom is 0.337 e. The molecule has 0 atom stereocenters. The van der Waals surface area contributed by atoms with Crippen LogP contribution in [0.1, 0.15) is 20.8 Å². The first-order valence-corrected chi connectivity index (χ1v) is 4.78. The van der Waals surface area contributed by atoms with E-state index in [0.717, 1.165) is 24.4 Å². The van der Waals surface area contributed by atoms with Crippen molar-refractivity contribution >= 4 is 17.6 Å². The Morgan fingerprint density at radius 3 is 2.78 bits per heavy atom. The number of benzene rings is 1. The number of rotatable bonds is 3. The highest BCUT2D eigenvalue weighted by Crippen LogP contribution is 2.17. The standard InChI is InChI=1S/C10H7FN4O3/c11-5-1-2-6(10(17)18)7(3-5)13-9(16)8-4-12-15-14-8/h1-4H,(H,13,16)(H,17,18)(H,12,14,15). The van der Waals surface area contributed by atoms with Gasteiger partial charge in [0.1, 0.15) is 5.82 Å². The predicted molar refractivity (Wildman–Crippen MR) is 57.7 cm³/mol. The first kappa shape index (κ1) is 11.7. The van der Waals surface area contributed by atoms with Gasteiger partial charge in [0.25, 0.3) is 5.91 Å². The number of aromatic nitrogens is 3. The molecule has 0 aliphatic heterocycles. The normalized spacial score (nSPS) is 10.1. The lowest BCUT2D eigenvalue weighted by atomic mass is 10.1. The second-order valence-electron chi connectivity index (χ2n) is 3.30. The van der Waals surface area contributed by atoms with Gasteiger partial charge in [0.05, 0.1) is 17.4 Å². The van der Waals surface area contributed by atoms with Crippen LogP contribution in [-0.2, 0) is 0 Å². The van der Waals surface area contributed by atoms with Gasteiger partial charge >= 0.3 is 5.97 Å². The number of carbonyl (C=O) groups is 2. The molecule has 92 valence electrons. The summed E-state index contributed by atoms with van der Waals surface area (Å²) < 4.78 is 13.0. The number of nitrogens with one attached hydrogen (secondary N) is 2. The average Bonchev–Trinajstić information content (AvgIpc) is 2.81. The van der Waals surface area contributed by atoms with E-state index in [-0.39, 0.29) is 16.9 Å². The fraction of sp³-hybridized carbons (Fsp3) is 0. The number of carboxylic acid groups (broad SMARTS) is 1. The number of carbonyl (C=O) groups excluding carboxylic acids is 1. The van der Waals surface area contributed by atoms with Crippen molar-refractivity contribution in [1.29, 1.82) is 0 Å². The summed E-state index contributed by atoms with van der Waals surface area (Å²) in [6, 6.07) is 2.98. The number of halogens is 1. The molecule has 0 radical (unpaired) electrons. The zero-order valence-corrected chi connectivity index (χ0v) is 8.85. The topological polar surface area (TPSA) is 108 Å². The zero-order valence-electron chi connectivity index (χ0n) is 8.85. The molecule has 7 nitrogen and oxygen atoms in total. The Labute approximate surface area is 99.6 Å². The van der Waals surface area contributed by atoms with Crippen LogP contribution in [0.5, 0.6) is 0 Å². The van der Waals surface area contributed by atoms with Gasteiger partial charge in [-0.2, -0.15) is 15.4 Å². The number of aromatic amines is 1. The number of anilines is 1. The summed E-state index contributed by atoms with van der Waals surface area (Å²) in [7, 11) is 0. The third-order valence-corrected chi connectivity index (χ3v) is 2.11. The summed E-state index contributed by atoms with van der Waals surface area (Å²) in [4.78, 5) is 22.5. The molecule has 0 saturated carbocycles. The molecule has 0 spiro atoms. The number of hydrogen-bond donors (Lipinski definition) is 3. The second-order valence-corrected chi connectivity index (χ2v) is 3.30. The van der Waals surface area contributed by atoms with E-state index in [2.05, 4.69) is 20.7 Å². The van der Waals surface area contributed by atoms with Crippen molar-refractivity contribution in [2.24, 2.45) is 0 Å². The van der Waals surface area contributed by atoms with E-state index in [9.17, 15) is 14.0 Å². The number of nitrogens with zero attached hydrogens (tertiary/aromatic N) is 2. The van der Waals surface area contributed by atoms with E-state index >= 15 is 0 Å². The fourth-order valence-electron chi connectivity index (χ4n) is 1.30. The monoisotopic (exact) mass is 250 g/mol. The Balaban J connectivity index is 2.31. The number of hydrogen-bond acceptors (Lipinski definition) is 4. The lowest BCUT2D eigenvalue weighted by Gasteiger charge is -2.06. The van der Waals surface area contributed by atoms with Crippen LogP contribution >= 0.6 is 0 Å². The summed E-state index contributed by atoms with van der Waals surface area (Å²) in [5.74, 6) is -2.61. The van der Waals surface area contributed by atoms with Gasteiger partial charge in [0.15, 0.2) is 5.69 Å². The first-order valence-electron chi connectivity index (χ1n) is 4.78. The third kappa shape index (κ3) is 2.32. The minimum absolute atomic E-state index is 0.0319. The molecule has 0 aliphatic rings. The first-order chi connectivity index (χ1) is 8.58. The minimum atomic E-state index is -1.27. The van der Waals surface area contributed by atoms with Crippen LogP contribution in [0, 0.1) is 5.82 Å². The molecule has 0 bridgehead atoms. The van der Waals surface area contributed by atoms with Crippen molar-refractivity contribution < 1.29 is 19.1 Å². The van der Waals surface area contributed by atoms with Gasteiger partial charge in [0, 0.05) is 0 Å². The third-order valence-electron chi connectivity index (χ3n) is 2.11. The second kappa shape index (κ2) is 4.62. The van der Waals surface area contributed by atoms with Gasteiger partial charge in [-0.3, -0.25) is 4.79 Å². The van der Waals surface area contributed by atoms with E-state index < -0.39 is 17.7 Å². The molecule has 0 aliphatic carbocycles. The number of H-pyrrole nitrogens is 1. The average molecular weight is 250 g/mol. The van der Waals surface area contributed by atoms with Gasteiger partial charge in [-0.1, -0.05) is 0 Å². The van der Waals surface area contributed by atoms with Crippen LogP contribution < -0.4 is 5.32 Å². The molecule has 1 heterocycles. The lowest BCUT2D eigenvalue weighted by molar-refractivity contribution is 0.0698. The molecule has 8 heteroatoms. The van der Waals surface area contributed by atoms with Gasteiger partial charge in [-0.25, -0.2) is 9.18 Å². The fourth-order valence-corrected chi connectivity index (χ4v) is 1.30. The van der Waals surface area contributed by atoms with Crippen LogP contribution in [0.2, 0.25) is 0 Å². The molecule has 1 aromatic heterocycles. The van der Waals surface area contributed by atoms with Crippen molar-refractivity contribution in [1.82, 2.24) is 15.4 Å². The maximum absolute atomic E-state index is 13.0. The van der Waals surface area contributed by atoms with E-state index in [1.807, 2.05) is 0 Å². The Bertz CT molecular complexity index is 597. The summed E-state index contributed by atoms with van der Waals surface area (Å²) >= 11 is 0. The van der Waals surface area contributed by atoms with Crippen molar-refractivity contribution in [3.8, 4) is 0 Å². The minimum Gasteiger partial charge on any atom is -0.478 e. The number of amides is 1. The molecule has 3 N–H and O–H groups in total. The molecule has 2 rings (SSSR count). The quantitative estimate of drug-likeness (QED) is 0.749. The molecular weight excluding hydrogens is 243 g/mol. The predicted octanol–water partition coefficient (Wildman–Crippen LogP) is 0.894. The van der Waals surface area contributed by atoms with Gasteiger partial charge in [-0.15, -0.1) is 0 Å². The lowest BCUT2D eigenvalue weighted by Crippen LogP contribution is -2.15. The van der Waals surface area contributed by atoms with E-state index in [4.69, 9.17) is 5.11 Å². The molecule has 18 heavy (non-hydrogen) atoms. The van der Waals surface area contributed by atoms with Crippen molar-refractivity contribution in [2.75, 3.05) is 5.32 Å². The van der Waals surface area contributed by atoms with E-state index in [0.29, 0.717) is 0 Å². The molecule has 0 saturated heterocycles. The molecular formula is C10H7FN4O3. The van der Waals surface area contributed by atoms with Crippen LogP contribution in [-0.4, -0.2) is 32.4 Å². The van der Waals surface area contributed by atoms with Gasteiger partial charge < -0.3 is 10.4 Å². The Morgan fingerprint density at radius 2 is 2.17 bits per heavy atom. The van der Waals surface area contributed by atoms with Crippen molar-refractivity contribution in [3.05, 3.63) is 41.5 Å². The Morgan fingerprint density at radius 1 is 1.39 bits per heavy atom. The summed E-state index contributed by atoms with van der Waals surface area (Å²) in [6.45, 7) is 0. The molecule has 1 amide bonds. The number of aromatic carboxylic acids is 1. The van der Waals surface area contributed by atoms with Crippen LogP contribution in [0.4, 0.5) is 10.1 Å². The highest BCUT2D eigenvalue weighted by atomic mass is 19.1. The smallest absolute Gasteiger partial charge is 0.337 e. The highest BCUT2D eigenvalue weighted by molar-refractivity contribution is 6.06. The maximum atomic E-state index is 13.0.